The molecule has 1 unspecified atom stereocenters. The van der Waals surface area contributed by atoms with E-state index in [0.717, 1.165) is 29.2 Å². The summed E-state index contributed by atoms with van der Waals surface area (Å²) in [6.45, 7) is 2.27. The van der Waals surface area contributed by atoms with Crippen molar-refractivity contribution in [2.45, 2.75) is 12.6 Å². The Labute approximate surface area is 129 Å². The molecule has 0 saturated carbocycles. The summed E-state index contributed by atoms with van der Waals surface area (Å²) in [5.41, 5.74) is 2.19. The number of hydrogen-bond donors (Lipinski definition) is 1. The van der Waals surface area contributed by atoms with Crippen LogP contribution in [0.15, 0.2) is 54.6 Å². The zero-order valence-corrected chi connectivity index (χ0v) is 12.4. The highest BCUT2D eigenvalue weighted by molar-refractivity contribution is 6.30. The van der Waals surface area contributed by atoms with Crippen LogP contribution in [0.2, 0.25) is 5.02 Å². The topological polar surface area (TPSA) is 32.3 Å². The van der Waals surface area contributed by atoms with Gasteiger partial charge in [0.1, 0.15) is 6.04 Å². The predicted molar refractivity (Wildman–Crippen MR) is 84.1 cm³/mol. The van der Waals surface area contributed by atoms with E-state index in [1.165, 1.54) is 0 Å². The van der Waals surface area contributed by atoms with Crippen molar-refractivity contribution in [2.24, 2.45) is 0 Å². The largest absolute Gasteiger partial charge is 0.353 e. The summed E-state index contributed by atoms with van der Waals surface area (Å²) in [5.74, 6) is 0.0708. The van der Waals surface area contributed by atoms with Crippen LogP contribution in [0.5, 0.6) is 0 Å². The standard InChI is InChI=1S/C17H17ClN2O/c18-15-8-6-13(7-9-15)12-20-11-10-19-17(21)16(20)14-4-2-1-3-5-14/h1-9,16H,10-12H2,(H,19,21). The summed E-state index contributed by atoms with van der Waals surface area (Å²) >= 11 is 5.92. The summed E-state index contributed by atoms with van der Waals surface area (Å²) in [6, 6.07) is 17.5. The second-order valence-electron chi connectivity index (χ2n) is 5.20. The van der Waals surface area contributed by atoms with Gasteiger partial charge in [-0.05, 0) is 23.3 Å². The van der Waals surface area contributed by atoms with Crippen LogP contribution in [0.1, 0.15) is 17.2 Å². The molecule has 0 bridgehead atoms. The molecule has 108 valence electrons. The van der Waals surface area contributed by atoms with E-state index >= 15 is 0 Å². The lowest BCUT2D eigenvalue weighted by Gasteiger charge is -2.35. The average molecular weight is 301 g/mol. The third kappa shape index (κ3) is 3.26. The quantitative estimate of drug-likeness (QED) is 0.945. The molecule has 2 aromatic rings. The van der Waals surface area contributed by atoms with Gasteiger partial charge in [0, 0.05) is 24.7 Å². The van der Waals surface area contributed by atoms with Gasteiger partial charge in [-0.25, -0.2) is 0 Å². The lowest BCUT2D eigenvalue weighted by atomic mass is 10.0. The van der Waals surface area contributed by atoms with Gasteiger partial charge in [-0.2, -0.15) is 0 Å². The van der Waals surface area contributed by atoms with Gasteiger partial charge in [-0.15, -0.1) is 0 Å². The Balaban J connectivity index is 1.84. The van der Waals surface area contributed by atoms with Crippen LogP contribution in [0, 0.1) is 0 Å². The summed E-state index contributed by atoms with van der Waals surface area (Å²) < 4.78 is 0. The van der Waals surface area contributed by atoms with Crippen molar-refractivity contribution < 1.29 is 4.79 Å². The highest BCUT2D eigenvalue weighted by Crippen LogP contribution is 2.25. The van der Waals surface area contributed by atoms with Crippen molar-refractivity contribution in [3.63, 3.8) is 0 Å². The van der Waals surface area contributed by atoms with Crippen molar-refractivity contribution >= 4 is 17.5 Å². The van der Waals surface area contributed by atoms with Crippen LogP contribution in [-0.4, -0.2) is 23.9 Å². The SMILES string of the molecule is O=C1NCCN(Cc2ccc(Cl)cc2)C1c1ccccc1. The number of nitrogens with zero attached hydrogens (tertiary/aromatic N) is 1. The van der Waals surface area contributed by atoms with Crippen LogP contribution >= 0.6 is 11.6 Å². The van der Waals surface area contributed by atoms with E-state index in [1.807, 2.05) is 54.6 Å². The monoisotopic (exact) mass is 300 g/mol. The van der Waals surface area contributed by atoms with Crippen LogP contribution in [0.4, 0.5) is 0 Å². The van der Waals surface area contributed by atoms with E-state index < -0.39 is 0 Å². The van der Waals surface area contributed by atoms with Crippen LogP contribution in [0.3, 0.4) is 0 Å². The molecule has 3 rings (SSSR count). The van der Waals surface area contributed by atoms with Crippen LogP contribution in [0.25, 0.3) is 0 Å². The zero-order valence-electron chi connectivity index (χ0n) is 11.6. The van der Waals surface area contributed by atoms with Crippen molar-refractivity contribution in [3.8, 4) is 0 Å². The summed E-state index contributed by atoms with van der Waals surface area (Å²) in [5, 5.41) is 3.68. The maximum Gasteiger partial charge on any atom is 0.242 e. The maximum atomic E-state index is 12.3. The molecule has 1 saturated heterocycles. The molecule has 1 atom stereocenters. The minimum Gasteiger partial charge on any atom is -0.353 e. The van der Waals surface area contributed by atoms with E-state index in [9.17, 15) is 4.79 Å². The van der Waals surface area contributed by atoms with Gasteiger partial charge in [0.25, 0.3) is 0 Å². The summed E-state index contributed by atoms with van der Waals surface area (Å²) in [4.78, 5) is 14.5. The molecule has 1 heterocycles. The van der Waals surface area contributed by atoms with E-state index in [2.05, 4.69) is 10.2 Å². The van der Waals surface area contributed by atoms with Gasteiger partial charge in [0.05, 0.1) is 0 Å². The Hall–Kier alpha value is -1.84. The number of piperazine rings is 1. The first-order valence-electron chi connectivity index (χ1n) is 7.05. The van der Waals surface area contributed by atoms with E-state index in [1.54, 1.807) is 0 Å². The normalized spacial score (nSPS) is 19.3. The first-order chi connectivity index (χ1) is 10.2. The summed E-state index contributed by atoms with van der Waals surface area (Å²) in [7, 11) is 0. The van der Waals surface area contributed by atoms with Crippen molar-refractivity contribution in [1.29, 1.82) is 0 Å². The molecule has 0 aliphatic carbocycles. The minimum absolute atomic E-state index is 0.0708. The molecule has 1 N–H and O–H groups in total. The minimum atomic E-state index is -0.226. The number of amides is 1. The first kappa shape index (κ1) is 14.1. The van der Waals surface area contributed by atoms with Crippen molar-refractivity contribution in [1.82, 2.24) is 10.2 Å². The van der Waals surface area contributed by atoms with Crippen LogP contribution in [-0.2, 0) is 11.3 Å². The third-order valence-corrected chi connectivity index (χ3v) is 3.98. The molecule has 0 spiro atoms. The molecule has 2 aromatic carbocycles. The Morgan fingerprint density at radius 3 is 2.52 bits per heavy atom. The molecular formula is C17H17ClN2O. The number of carbonyl (C=O) groups is 1. The van der Waals surface area contributed by atoms with E-state index in [4.69, 9.17) is 11.6 Å². The van der Waals surface area contributed by atoms with Gasteiger partial charge in [0.15, 0.2) is 0 Å². The molecule has 1 amide bonds. The maximum absolute atomic E-state index is 12.3. The second kappa shape index (κ2) is 6.29. The molecule has 0 aromatic heterocycles. The molecule has 1 fully saturated rings. The fraction of sp³-hybridized carbons (Fsp3) is 0.235. The fourth-order valence-corrected chi connectivity index (χ4v) is 2.83. The molecular weight excluding hydrogens is 284 g/mol. The predicted octanol–water partition coefficient (Wildman–Crippen LogP) is 3.01. The highest BCUT2D eigenvalue weighted by Gasteiger charge is 2.30. The zero-order chi connectivity index (χ0) is 14.7. The van der Waals surface area contributed by atoms with E-state index in [-0.39, 0.29) is 11.9 Å². The lowest BCUT2D eigenvalue weighted by Crippen LogP contribution is -2.49. The van der Waals surface area contributed by atoms with Gasteiger partial charge < -0.3 is 5.32 Å². The van der Waals surface area contributed by atoms with Gasteiger partial charge >= 0.3 is 0 Å². The number of rotatable bonds is 3. The van der Waals surface area contributed by atoms with Crippen LogP contribution < -0.4 is 5.32 Å². The molecule has 1 aliphatic heterocycles. The highest BCUT2D eigenvalue weighted by atomic mass is 35.5. The van der Waals surface area contributed by atoms with Gasteiger partial charge in [0.2, 0.25) is 5.91 Å². The molecule has 4 heteroatoms. The molecule has 0 radical (unpaired) electrons. The van der Waals surface area contributed by atoms with Gasteiger partial charge in [-0.3, -0.25) is 9.69 Å². The second-order valence-corrected chi connectivity index (χ2v) is 5.64. The molecule has 1 aliphatic rings. The Morgan fingerprint density at radius 2 is 1.81 bits per heavy atom. The van der Waals surface area contributed by atoms with Gasteiger partial charge in [-0.1, -0.05) is 54.1 Å². The average Bonchev–Trinajstić information content (AvgIpc) is 2.51. The van der Waals surface area contributed by atoms with Crippen molar-refractivity contribution in [2.75, 3.05) is 13.1 Å². The smallest absolute Gasteiger partial charge is 0.242 e. The number of carbonyl (C=O) groups excluding carboxylic acids is 1. The Kier molecular flexibility index (Phi) is 4.23. The number of nitrogens with one attached hydrogen (secondary N) is 1. The lowest BCUT2D eigenvalue weighted by molar-refractivity contribution is -0.129. The summed E-state index contributed by atoms with van der Waals surface area (Å²) in [6.07, 6.45) is 0. The Bertz CT molecular complexity index is 612. The molecule has 3 nitrogen and oxygen atoms in total. The number of benzene rings is 2. The third-order valence-electron chi connectivity index (χ3n) is 3.73. The van der Waals surface area contributed by atoms with Crippen molar-refractivity contribution in [3.05, 3.63) is 70.7 Å². The first-order valence-corrected chi connectivity index (χ1v) is 7.43. The molecule has 21 heavy (non-hydrogen) atoms. The van der Waals surface area contributed by atoms with E-state index in [0.29, 0.717) is 6.54 Å². The fourth-order valence-electron chi connectivity index (χ4n) is 2.71. The number of hydrogen-bond acceptors (Lipinski definition) is 2. The number of halogens is 1. The Morgan fingerprint density at radius 1 is 1.10 bits per heavy atom.